The fourth-order valence-electron chi connectivity index (χ4n) is 3.56. The average Bonchev–Trinajstić information content (AvgIpc) is 3.32. The molecule has 2 aliphatic rings. The molecule has 2 aliphatic heterocycles. The molecule has 11 heteroatoms. The maximum absolute atomic E-state index is 12.9. The van der Waals surface area contributed by atoms with E-state index < -0.39 is 16.1 Å². The molecule has 0 spiro atoms. The highest BCUT2D eigenvalue weighted by Gasteiger charge is 2.40. The summed E-state index contributed by atoms with van der Waals surface area (Å²) in [5.74, 6) is -0.258. The summed E-state index contributed by atoms with van der Waals surface area (Å²) < 4.78 is 33.1. The summed E-state index contributed by atoms with van der Waals surface area (Å²) in [7, 11) is -3.69. The molecule has 1 aromatic heterocycles. The van der Waals surface area contributed by atoms with Gasteiger partial charge in [0, 0.05) is 25.7 Å². The van der Waals surface area contributed by atoms with E-state index in [1.165, 1.54) is 4.31 Å². The number of ether oxygens (including phenoxy) is 1. The second-order valence-corrected chi connectivity index (χ2v) is 11.4. The lowest BCUT2D eigenvalue weighted by atomic mass is 10.0. The molecular formula is C17H24BrN3O5S2. The van der Waals surface area contributed by atoms with Crippen LogP contribution in [-0.4, -0.2) is 67.9 Å². The Hall–Kier alpha value is -1.17. The summed E-state index contributed by atoms with van der Waals surface area (Å²) in [5, 5.41) is 2.98. The predicted octanol–water partition coefficient (Wildman–Crippen LogP) is 2.40. The lowest BCUT2D eigenvalue weighted by Gasteiger charge is -2.32. The number of hydrogen-bond acceptors (Lipinski definition) is 6. The van der Waals surface area contributed by atoms with Crippen LogP contribution < -0.4 is 5.32 Å². The summed E-state index contributed by atoms with van der Waals surface area (Å²) in [5.41, 5.74) is 0. The molecule has 1 aromatic rings. The molecule has 3 heterocycles. The van der Waals surface area contributed by atoms with Crippen LogP contribution in [0.4, 0.5) is 4.79 Å². The van der Waals surface area contributed by atoms with Crippen molar-refractivity contribution in [1.82, 2.24) is 14.5 Å². The van der Waals surface area contributed by atoms with Crippen molar-refractivity contribution in [3.05, 3.63) is 15.9 Å². The first-order valence-corrected chi connectivity index (χ1v) is 12.4. The summed E-state index contributed by atoms with van der Waals surface area (Å²) in [6.45, 7) is 3.47. The third-order valence-corrected chi connectivity index (χ3v) is 8.98. The van der Waals surface area contributed by atoms with Gasteiger partial charge in [0.25, 0.3) is 10.0 Å². The number of piperidine rings is 1. The van der Waals surface area contributed by atoms with Crippen molar-refractivity contribution in [3.63, 3.8) is 0 Å². The number of carbonyl (C=O) groups is 2. The van der Waals surface area contributed by atoms with Gasteiger partial charge in [-0.3, -0.25) is 4.79 Å². The molecule has 0 unspecified atom stereocenters. The van der Waals surface area contributed by atoms with Gasteiger partial charge in [0.2, 0.25) is 5.91 Å². The monoisotopic (exact) mass is 493 g/mol. The molecule has 28 heavy (non-hydrogen) atoms. The number of nitrogens with one attached hydrogen (secondary N) is 1. The van der Waals surface area contributed by atoms with Crippen LogP contribution in [0.1, 0.15) is 32.6 Å². The molecule has 1 atom stereocenters. The Bertz CT molecular complexity index is 821. The van der Waals surface area contributed by atoms with Crippen molar-refractivity contribution < 1.29 is 22.7 Å². The van der Waals surface area contributed by atoms with Gasteiger partial charge >= 0.3 is 6.09 Å². The summed E-state index contributed by atoms with van der Waals surface area (Å²) >= 11 is 4.43. The smallest absolute Gasteiger partial charge is 0.409 e. The SMILES string of the molecule is CCOC(=O)N1CCC(NC(=O)[C@@H]2CCCN2S(=O)(=O)c2ccc(Br)s2)CC1. The van der Waals surface area contributed by atoms with Crippen LogP contribution in [0.2, 0.25) is 0 Å². The minimum absolute atomic E-state index is 0.0702. The summed E-state index contributed by atoms with van der Waals surface area (Å²) in [6.07, 6.45) is 2.09. The van der Waals surface area contributed by atoms with Crippen LogP contribution in [0.25, 0.3) is 0 Å². The molecule has 0 saturated carbocycles. The number of halogens is 1. The van der Waals surface area contributed by atoms with Crippen LogP contribution in [0, 0.1) is 0 Å². The molecule has 1 N–H and O–H groups in total. The fourth-order valence-corrected chi connectivity index (χ4v) is 7.36. The van der Waals surface area contributed by atoms with E-state index in [4.69, 9.17) is 4.74 Å². The molecule has 2 amide bonds. The van der Waals surface area contributed by atoms with Gasteiger partial charge < -0.3 is 15.0 Å². The topological polar surface area (TPSA) is 96.0 Å². The predicted molar refractivity (Wildman–Crippen MR) is 109 cm³/mol. The number of rotatable bonds is 5. The van der Waals surface area contributed by atoms with E-state index >= 15 is 0 Å². The van der Waals surface area contributed by atoms with Gasteiger partial charge in [0.15, 0.2) is 0 Å². The van der Waals surface area contributed by atoms with Crippen LogP contribution in [0.3, 0.4) is 0 Å². The van der Waals surface area contributed by atoms with Gasteiger partial charge in [0.1, 0.15) is 10.3 Å². The number of nitrogens with zero attached hydrogens (tertiary/aromatic N) is 2. The average molecular weight is 494 g/mol. The third kappa shape index (κ3) is 4.69. The van der Waals surface area contributed by atoms with Crippen LogP contribution in [-0.2, 0) is 19.6 Å². The minimum atomic E-state index is -3.69. The highest BCUT2D eigenvalue weighted by atomic mass is 79.9. The van der Waals surface area contributed by atoms with E-state index in [2.05, 4.69) is 21.2 Å². The Morgan fingerprint density at radius 2 is 1.96 bits per heavy atom. The molecule has 3 rings (SSSR count). The van der Waals surface area contributed by atoms with Gasteiger partial charge in [-0.25, -0.2) is 13.2 Å². The first kappa shape index (κ1) is 21.5. The Balaban J connectivity index is 1.59. The lowest BCUT2D eigenvalue weighted by Crippen LogP contribution is -2.52. The number of thiophene rings is 1. The quantitative estimate of drug-likeness (QED) is 0.679. The van der Waals surface area contributed by atoms with Gasteiger partial charge in [-0.15, -0.1) is 11.3 Å². The number of amides is 2. The van der Waals surface area contributed by atoms with Crippen LogP contribution >= 0.6 is 27.3 Å². The molecular weight excluding hydrogens is 470 g/mol. The third-order valence-electron chi connectivity index (χ3n) is 4.99. The summed E-state index contributed by atoms with van der Waals surface area (Å²) in [6, 6.07) is 2.50. The standard InChI is InChI=1S/C17H24BrN3O5S2/c1-2-26-17(23)20-10-7-12(8-11-20)19-16(22)13-4-3-9-21(13)28(24,25)15-6-5-14(18)27-15/h5-6,12-13H,2-4,7-11H2,1H3,(H,19,22)/t13-/m0/s1. The van der Waals surface area contributed by atoms with Gasteiger partial charge in [-0.1, -0.05) is 0 Å². The van der Waals surface area contributed by atoms with Crippen LogP contribution in [0.15, 0.2) is 20.1 Å². The zero-order chi connectivity index (χ0) is 20.3. The van der Waals surface area contributed by atoms with Crippen molar-refractivity contribution >= 4 is 49.3 Å². The maximum atomic E-state index is 12.9. The first-order valence-electron chi connectivity index (χ1n) is 9.32. The Labute approximate surface area is 177 Å². The molecule has 0 bridgehead atoms. The number of carbonyl (C=O) groups excluding carboxylic acids is 2. The molecule has 156 valence electrons. The van der Waals surface area contributed by atoms with Crippen molar-refractivity contribution in [2.45, 2.75) is 48.9 Å². The number of sulfonamides is 1. The lowest BCUT2D eigenvalue weighted by molar-refractivity contribution is -0.125. The minimum Gasteiger partial charge on any atom is -0.450 e. The van der Waals surface area contributed by atoms with E-state index in [1.807, 2.05) is 0 Å². The highest BCUT2D eigenvalue weighted by Crippen LogP contribution is 2.32. The zero-order valence-electron chi connectivity index (χ0n) is 15.6. The van der Waals surface area contributed by atoms with E-state index in [0.717, 1.165) is 15.1 Å². The van der Waals surface area contributed by atoms with E-state index in [9.17, 15) is 18.0 Å². The Morgan fingerprint density at radius 1 is 1.25 bits per heavy atom. The molecule has 0 radical (unpaired) electrons. The molecule has 0 aromatic carbocycles. The number of hydrogen-bond donors (Lipinski definition) is 1. The highest BCUT2D eigenvalue weighted by molar-refractivity contribution is 9.11. The van der Waals surface area contributed by atoms with Gasteiger partial charge in [0.05, 0.1) is 10.4 Å². The van der Waals surface area contributed by atoms with Crippen molar-refractivity contribution in [1.29, 1.82) is 0 Å². The molecule has 2 fully saturated rings. The van der Waals surface area contributed by atoms with Gasteiger partial charge in [-0.2, -0.15) is 4.31 Å². The largest absolute Gasteiger partial charge is 0.450 e. The first-order chi connectivity index (χ1) is 13.3. The Kier molecular flexibility index (Phi) is 7.00. The molecule has 8 nitrogen and oxygen atoms in total. The van der Waals surface area contributed by atoms with Crippen molar-refractivity contribution in [2.75, 3.05) is 26.2 Å². The maximum Gasteiger partial charge on any atom is 0.409 e. The Morgan fingerprint density at radius 3 is 2.57 bits per heavy atom. The second kappa shape index (κ2) is 9.10. The van der Waals surface area contributed by atoms with Gasteiger partial charge in [-0.05, 0) is 60.7 Å². The van der Waals surface area contributed by atoms with Crippen LogP contribution in [0.5, 0.6) is 0 Å². The van der Waals surface area contributed by atoms with E-state index in [1.54, 1.807) is 24.0 Å². The van der Waals surface area contributed by atoms with Crippen molar-refractivity contribution in [2.24, 2.45) is 0 Å². The van der Waals surface area contributed by atoms with Crippen molar-refractivity contribution in [3.8, 4) is 0 Å². The number of likely N-dealkylation sites (tertiary alicyclic amines) is 1. The normalized spacial score (nSPS) is 21.6. The second-order valence-electron chi connectivity index (χ2n) is 6.80. The molecule has 2 saturated heterocycles. The molecule has 0 aliphatic carbocycles. The van der Waals surface area contributed by atoms with E-state index in [0.29, 0.717) is 51.9 Å². The zero-order valence-corrected chi connectivity index (χ0v) is 18.8. The fraction of sp³-hybridized carbons (Fsp3) is 0.647. The van der Waals surface area contributed by atoms with E-state index in [-0.39, 0.29) is 22.3 Å². The summed E-state index contributed by atoms with van der Waals surface area (Å²) in [4.78, 5) is 26.2.